The second-order valence-electron chi connectivity index (χ2n) is 4.79. The van der Waals surface area contributed by atoms with E-state index in [2.05, 4.69) is 31.1 Å². The van der Waals surface area contributed by atoms with E-state index < -0.39 is 0 Å². The quantitative estimate of drug-likeness (QED) is 0.786. The van der Waals surface area contributed by atoms with Gasteiger partial charge in [0.1, 0.15) is 0 Å². The summed E-state index contributed by atoms with van der Waals surface area (Å²) in [5, 5.41) is 19.5. The van der Waals surface area contributed by atoms with Crippen LogP contribution < -0.4 is 5.32 Å². The molecule has 1 aliphatic heterocycles. The van der Waals surface area contributed by atoms with Crippen LogP contribution in [0.15, 0.2) is 21.5 Å². The molecule has 20 heavy (non-hydrogen) atoms. The lowest BCUT2D eigenvalue weighted by atomic mass is 10.2. The smallest absolute Gasteiger partial charge is 0.280 e. The highest BCUT2D eigenvalue weighted by atomic mass is 32.1. The van der Waals surface area contributed by atoms with Gasteiger partial charge in [-0.2, -0.15) is 16.3 Å². The maximum atomic E-state index is 5.29. The molecule has 0 spiro atoms. The van der Waals surface area contributed by atoms with Gasteiger partial charge in [-0.05, 0) is 17.9 Å². The highest BCUT2D eigenvalue weighted by molar-refractivity contribution is 7.08. The average molecular weight is 288 g/mol. The lowest BCUT2D eigenvalue weighted by Gasteiger charge is -2.26. The second kappa shape index (κ2) is 4.50. The molecule has 3 aromatic rings. The van der Waals surface area contributed by atoms with Gasteiger partial charge in [-0.1, -0.05) is 10.4 Å². The van der Waals surface area contributed by atoms with E-state index in [9.17, 15) is 0 Å². The van der Waals surface area contributed by atoms with Crippen LogP contribution in [0.5, 0.6) is 0 Å². The summed E-state index contributed by atoms with van der Waals surface area (Å²) in [6.45, 7) is 3.87. The molecule has 0 unspecified atom stereocenters. The predicted octanol–water partition coefficient (Wildman–Crippen LogP) is 1.51. The normalized spacial score (nSPS) is 15.4. The van der Waals surface area contributed by atoms with Gasteiger partial charge in [-0.3, -0.25) is 0 Å². The lowest BCUT2D eigenvalue weighted by Crippen LogP contribution is -2.43. The zero-order valence-electron chi connectivity index (χ0n) is 10.8. The Balaban J connectivity index is 1.64. The molecule has 0 bridgehead atoms. The molecule has 3 aromatic heterocycles. The van der Waals surface area contributed by atoms with Crippen LogP contribution >= 0.6 is 11.3 Å². The fraction of sp³-hybridized carbons (Fsp3) is 0.333. The van der Waals surface area contributed by atoms with E-state index in [1.54, 1.807) is 11.3 Å². The van der Waals surface area contributed by atoms with Gasteiger partial charge >= 0.3 is 0 Å². The molecule has 0 aromatic carbocycles. The van der Waals surface area contributed by atoms with Crippen molar-refractivity contribution >= 4 is 11.3 Å². The summed E-state index contributed by atoms with van der Waals surface area (Å²) in [5.74, 6) is 1.00. The van der Waals surface area contributed by atoms with E-state index in [1.807, 2.05) is 23.2 Å². The fourth-order valence-corrected chi connectivity index (χ4v) is 2.87. The highest BCUT2D eigenvalue weighted by Crippen LogP contribution is 2.26. The first kappa shape index (κ1) is 11.7. The van der Waals surface area contributed by atoms with Crippen molar-refractivity contribution in [2.45, 2.75) is 13.0 Å². The maximum Gasteiger partial charge on any atom is 0.280 e. The third-order valence-electron chi connectivity index (χ3n) is 3.39. The molecular formula is C12H12N6OS. The summed E-state index contributed by atoms with van der Waals surface area (Å²) in [7, 11) is 0. The van der Waals surface area contributed by atoms with Gasteiger partial charge < -0.3 is 9.84 Å². The van der Waals surface area contributed by atoms with E-state index in [-0.39, 0.29) is 0 Å². The van der Waals surface area contributed by atoms with Gasteiger partial charge in [-0.15, -0.1) is 5.10 Å². The highest BCUT2D eigenvalue weighted by Gasteiger charge is 2.22. The number of aryl methyl sites for hydroxylation is 1. The summed E-state index contributed by atoms with van der Waals surface area (Å²) in [4.78, 5) is 4.40. The van der Waals surface area contributed by atoms with Crippen LogP contribution in [0.4, 0.5) is 0 Å². The standard InChI is InChI=1S/C12H12N6OS/c1-7-5-20-6-9(7)11-14-12(19-16-11)10-4-18(17-15-10)8-2-13-3-8/h4-6,8,13H,2-3H2,1H3. The lowest BCUT2D eigenvalue weighted by molar-refractivity contribution is 0.313. The van der Waals surface area contributed by atoms with Gasteiger partial charge in [0.2, 0.25) is 5.82 Å². The number of nitrogens with one attached hydrogen (secondary N) is 1. The van der Waals surface area contributed by atoms with Crippen molar-refractivity contribution < 1.29 is 4.52 Å². The first-order valence-corrected chi connectivity index (χ1v) is 7.25. The topological polar surface area (TPSA) is 81.7 Å². The fourth-order valence-electron chi connectivity index (χ4n) is 2.04. The van der Waals surface area contributed by atoms with Crippen LogP contribution in [0.25, 0.3) is 23.0 Å². The molecule has 4 heterocycles. The van der Waals surface area contributed by atoms with Crippen molar-refractivity contribution in [2.75, 3.05) is 13.1 Å². The van der Waals surface area contributed by atoms with E-state index >= 15 is 0 Å². The minimum atomic E-state index is 0.373. The van der Waals surface area contributed by atoms with Gasteiger partial charge in [0.05, 0.1) is 12.2 Å². The number of aromatic nitrogens is 5. The van der Waals surface area contributed by atoms with Gasteiger partial charge in [0.25, 0.3) is 5.89 Å². The molecule has 0 aliphatic carbocycles. The van der Waals surface area contributed by atoms with E-state index in [0.29, 0.717) is 23.5 Å². The molecular weight excluding hydrogens is 276 g/mol. The molecule has 0 amide bonds. The summed E-state index contributed by atoms with van der Waals surface area (Å²) in [5.41, 5.74) is 2.76. The average Bonchev–Trinajstić information content (AvgIpc) is 3.04. The summed E-state index contributed by atoms with van der Waals surface area (Å²) < 4.78 is 7.13. The minimum Gasteiger partial charge on any atom is -0.332 e. The van der Waals surface area contributed by atoms with Crippen LogP contribution in [-0.4, -0.2) is 38.2 Å². The Bertz CT molecular complexity index is 741. The molecule has 0 saturated carbocycles. The molecule has 0 radical (unpaired) electrons. The summed E-state index contributed by atoms with van der Waals surface area (Å²) in [6.07, 6.45) is 1.85. The Morgan fingerprint density at radius 1 is 1.40 bits per heavy atom. The number of rotatable bonds is 3. The molecule has 1 aliphatic rings. The van der Waals surface area contributed by atoms with Crippen molar-refractivity contribution in [3.05, 3.63) is 22.5 Å². The Morgan fingerprint density at radius 2 is 2.30 bits per heavy atom. The second-order valence-corrected chi connectivity index (χ2v) is 5.53. The third kappa shape index (κ3) is 1.84. The zero-order chi connectivity index (χ0) is 13.5. The summed E-state index contributed by atoms with van der Waals surface area (Å²) >= 11 is 1.62. The first-order valence-electron chi connectivity index (χ1n) is 6.31. The van der Waals surface area contributed by atoms with Gasteiger partial charge in [0, 0.05) is 24.0 Å². The van der Waals surface area contributed by atoms with E-state index in [4.69, 9.17) is 4.52 Å². The third-order valence-corrected chi connectivity index (χ3v) is 4.25. The Morgan fingerprint density at radius 3 is 3.00 bits per heavy atom. The van der Waals surface area contributed by atoms with Crippen LogP contribution in [0, 0.1) is 6.92 Å². The summed E-state index contributed by atoms with van der Waals surface area (Å²) in [6, 6.07) is 0.373. The van der Waals surface area contributed by atoms with E-state index in [1.165, 1.54) is 0 Å². The predicted molar refractivity (Wildman–Crippen MR) is 73.3 cm³/mol. The van der Waals surface area contributed by atoms with Crippen molar-refractivity contribution in [1.29, 1.82) is 0 Å². The first-order chi connectivity index (χ1) is 9.81. The van der Waals surface area contributed by atoms with Gasteiger partial charge in [0.15, 0.2) is 5.69 Å². The number of thiophene rings is 1. The molecule has 1 N–H and O–H groups in total. The van der Waals surface area contributed by atoms with Crippen LogP contribution in [0.3, 0.4) is 0 Å². The molecule has 7 nitrogen and oxygen atoms in total. The van der Waals surface area contributed by atoms with Crippen molar-refractivity contribution in [3.8, 4) is 23.0 Å². The van der Waals surface area contributed by atoms with Crippen molar-refractivity contribution in [2.24, 2.45) is 0 Å². The van der Waals surface area contributed by atoms with Crippen LogP contribution in [0.2, 0.25) is 0 Å². The Labute approximate surface area is 118 Å². The molecule has 1 saturated heterocycles. The number of hydrogen-bond acceptors (Lipinski definition) is 7. The van der Waals surface area contributed by atoms with Crippen LogP contribution in [-0.2, 0) is 0 Å². The maximum absolute atomic E-state index is 5.29. The molecule has 4 rings (SSSR count). The Hall–Kier alpha value is -2.06. The SMILES string of the molecule is Cc1cscc1-c1noc(-c2cn(C3CNC3)nn2)n1. The Kier molecular flexibility index (Phi) is 2.64. The monoisotopic (exact) mass is 288 g/mol. The molecule has 1 fully saturated rings. The molecule has 0 atom stereocenters. The van der Waals surface area contributed by atoms with Crippen LogP contribution in [0.1, 0.15) is 11.6 Å². The molecule has 8 heteroatoms. The van der Waals surface area contributed by atoms with E-state index in [0.717, 1.165) is 24.2 Å². The van der Waals surface area contributed by atoms with Crippen molar-refractivity contribution in [3.63, 3.8) is 0 Å². The largest absolute Gasteiger partial charge is 0.332 e. The molecule has 102 valence electrons. The minimum absolute atomic E-state index is 0.373. The van der Waals surface area contributed by atoms with Crippen molar-refractivity contribution in [1.82, 2.24) is 30.5 Å². The number of hydrogen-bond donors (Lipinski definition) is 1. The zero-order valence-corrected chi connectivity index (χ0v) is 11.6. The number of nitrogens with zero attached hydrogens (tertiary/aromatic N) is 5. The van der Waals surface area contributed by atoms with Gasteiger partial charge in [-0.25, -0.2) is 4.68 Å².